The molecule has 3 aromatic rings. The Hall–Kier alpha value is -2.54. The van der Waals surface area contributed by atoms with Gasteiger partial charge in [0.05, 0.1) is 23.5 Å². The number of hydrogen-bond acceptors (Lipinski definition) is 5. The average Bonchev–Trinajstić information content (AvgIpc) is 3.04. The highest BCUT2D eigenvalue weighted by atomic mass is 35.5. The number of benzene rings is 1. The first kappa shape index (κ1) is 13.1. The Morgan fingerprint density at radius 1 is 1.45 bits per heavy atom. The summed E-state index contributed by atoms with van der Waals surface area (Å²) in [5.41, 5.74) is 2.70. The van der Waals surface area contributed by atoms with Gasteiger partial charge in [-0.3, -0.25) is 9.55 Å². The lowest BCUT2D eigenvalue weighted by atomic mass is 10.1. The number of aromatic amines is 1. The van der Waals surface area contributed by atoms with Gasteiger partial charge in [0.25, 0.3) is 0 Å². The first-order valence-electron chi connectivity index (χ1n) is 6.76. The van der Waals surface area contributed by atoms with E-state index in [9.17, 15) is 4.79 Å². The van der Waals surface area contributed by atoms with E-state index in [-0.39, 0.29) is 5.69 Å². The summed E-state index contributed by atoms with van der Waals surface area (Å²) in [6.45, 7) is 0.669. The van der Waals surface area contributed by atoms with Crippen molar-refractivity contribution in [2.45, 2.75) is 6.42 Å². The molecule has 0 amide bonds. The topological polar surface area (TPSA) is 84.8 Å². The zero-order valence-electron chi connectivity index (χ0n) is 11.7. The van der Waals surface area contributed by atoms with E-state index >= 15 is 0 Å². The molecule has 3 heterocycles. The first-order valence-corrected chi connectivity index (χ1v) is 7.13. The molecule has 2 N–H and O–H groups in total. The number of imidazole rings is 1. The first-order chi connectivity index (χ1) is 10.6. The Bertz CT molecular complexity index is 946. The lowest BCUT2D eigenvalue weighted by Crippen LogP contribution is -2.11. The van der Waals surface area contributed by atoms with Crippen LogP contribution in [0.1, 0.15) is 5.56 Å². The third kappa shape index (κ3) is 2.01. The second kappa shape index (κ2) is 4.74. The summed E-state index contributed by atoms with van der Waals surface area (Å²) < 4.78 is 6.93. The van der Waals surface area contributed by atoms with Gasteiger partial charge in [-0.2, -0.15) is 4.98 Å². The number of H-pyrrole nitrogens is 1. The number of anilines is 2. The largest absolute Gasteiger partial charge is 0.493 e. The normalized spacial score (nSPS) is 13.2. The van der Waals surface area contributed by atoms with Crippen LogP contribution < -0.4 is 15.7 Å². The number of halogens is 1. The minimum atomic E-state index is -0.228. The molecule has 1 aliphatic rings. The molecule has 4 rings (SSSR count). The molecule has 7 nitrogen and oxygen atoms in total. The number of hydrogen-bond donors (Lipinski definition) is 2. The number of aromatic nitrogens is 4. The number of nitrogens with zero attached hydrogens (tertiary/aromatic N) is 3. The molecular formula is C14H12ClN5O2. The van der Waals surface area contributed by atoms with Crippen LogP contribution in [0.5, 0.6) is 5.75 Å². The standard InChI is InChI=1S/C14H12ClN5O2/c1-20-10-6-16-13(18-12(10)19-14(20)21)17-9-4-7-2-3-22-11(7)5-8(9)15/h4-6H,2-3H2,1H3,(H2,16,17,18,19,21). The van der Waals surface area contributed by atoms with Gasteiger partial charge < -0.3 is 10.1 Å². The smallest absolute Gasteiger partial charge is 0.327 e. The van der Waals surface area contributed by atoms with Gasteiger partial charge in [-0.05, 0) is 11.6 Å². The number of fused-ring (bicyclic) bond motifs is 2. The Morgan fingerprint density at radius 3 is 3.18 bits per heavy atom. The van der Waals surface area contributed by atoms with Crippen LogP contribution in [-0.4, -0.2) is 26.1 Å². The summed E-state index contributed by atoms with van der Waals surface area (Å²) in [6.07, 6.45) is 2.44. The summed E-state index contributed by atoms with van der Waals surface area (Å²) in [4.78, 5) is 22.8. The van der Waals surface area contributed by atoms with Gasteiger partial charge in [-0.1, -0.05) is 11.6 Å². The maximum absolute atomic E-state index is 11.6. The van der Waals surface area contributed by atoms with Crippen molar-refractivity contribution >= 4 is 34.4 Å². The number of nitrogens with one attached hydrogen (secondary N) is 2. The van der Waals surface area contributed by atoms with E-state index in [0.717, 1.165) is 17.7 Å². The van der Waals surface area contributed by atoms with E-state index in [2.05, 4.69) is 20.3 Å². The van der Waals surface area contributed by atoms with E-state index < -0.39 is 0 Å². The average molecular weight is 318 g/mol. The maximum Gasteiger partial charge on any atom is 0.327 e. The molecule has 1 aromatic carbocycles. The van der Waals surface area contributed by atoms with E-state index in [4.69, 9.17) is 16.3 Å². The molecular weight excluding hydrogens is 306 g/mol. The van der Waals surface area contributed by atoms with Crippen molar-refractivity contribution in [3.8, 4) is 5.75 Å². The minimum absolute atomic E-state index is 0.228. The highest BCUT2D eigenvalue weighted by Gasteiger charge is 2.16. The highest BCUT2D eigenvalue weighted by molar-refractivity contribution is 6.33. The number of rotatable bonds is 2. The van der Waals surface area contributed by atoms with Crippen molar-refractivity contribution in [3.63, 3.8) is 0 Å². The van der Waals surface area contributed by atoms with E-state index in [1.165, 1.54) is 4.57 Å². The molecule has 1 aliphatic heterocycles. The van der Waals surface area contributed by atoms with Crippen molar-refractivity contribution < 1.29 is 4.74 Å². The van der Waals surface area contributed by atoms with Crippen molar-refractivity contribution in [3.05, 3.63) is 39.4 Å². The van der Waals surface area contributed by atoms with Gasteiger partial charge in [0.2, 0.25) is 5.95 Å². The van der Waals surface area contributed by atoms with Crippen LogP contribution in [0.15, 0.2) is 23.1 Å². The zero-order chi connectivity index (χ0) is 15.3. The van der Waals surface area contributed by atoms with Gasteiger partial charge in [-0.25, -0.2) is 9.78 Å². The van der Waals surface area contributed by atoms with Gasteiger partial charge in [0.1, 0.15) is 11.3 Å². The van der Waals surface area contributed by atoms with E-state index in [1.54, 1.807) is 19.3 Å². The predicted molar refractivity (Wildman–Crippen MR) is 83.1 cm³/mol. The molecule has 0 spiro atoms. The Balaban J connectivity index is 1.73. The fourth-order valence-corrected chi connectivity index (χ4v) is 2.69. The molecule has 0 saturated carbocycles. The molecule has 8 heteroatoms. The molecule has 0 aliphatic carbocycles. The van der Waals surface area contributed by atoms with Crippen LogP contribution >= 0.6 is 11.6 Å². The molecule has 0 saturated heterocycles. The maximum atomic E-state index is 11.6. The predicted octanol–water partition coefficient (Wildman–Crippen LogP) is 1.99. The van der Waals surface area contributed by atoms with E-state index in [0.29, 0.717) is 34.4 Å². The summed E-state index contributed by atoms with van der Waals surface area (Å²) in [6, 6.07) is 3.72. The van der Waals surface area contributed by atoms with Gasteiger partial charge in [0, 0.05) is 19.5 Å². The minimum Gasteiger partial charge on any atom is -0.493 e. The summed E-state index contributed by atoms with van der Waals surface area (Å²) in [5, 5.41) is 3.61. The van der Waals surface area contributed by atoms with Crippen molar-refractivity contribution in [1.82, 2.24) is 19.5 Å². The lowest BCUT2D eigenvalue weighted by molar-refractivity contribution is 0.357. The number of ether oxygens (including phenoxy) is 1. The molecule has 22 heavy (non-hydrogen) atoms. The second-order valence-corrected chi connectivity index (χ2v) is 5.49. The van der Waals surface area contributed by atoms with Crippen LogP contribution in [0.2, 0.25) is 5.02 Å². The molecule has 0 bridgehead atoms. The third-order valence-electron chi connectivity index (χ3n) is 3.69. The quantitative estimate of drug-likeness (QED) is 0.755. The monoisotopic (exact) mass is 317 g/mol. The summed E-state index contributed by atoms with van der Waals surface area (Å²) >= 11 is 6.25. The van der Waals surface area contributed by atoms with Gasteiger partial charge in [0.15, 0.2) is 5.65 Å². The van der Waals surface area contributed by atoms with Crippen molar-refractivity contribution in [2.24, 2.45) is 7.05 Å². The number of aryl methyl sites for hydroxylation is 1. The SMILES string of the molecule is Cn1c(=O)[nH]c2nc(Nc3cc4c(cc3Cl)OCC4)ncc21. The molecule has 0 unspecified atom stereocenters. The molecule has 112 valence electrons. The van der Waals surface area contributed by atoms with Crippen molar-refractivity contribution in [2.75, 3.05) is 11.9 Å². The van der Waals surface area contributed by atoms with Crippen molar-refractivity contribution in [1.29, 1.82) is 0 Å². The Labute approximate surface area is 129 Å². The third-order valence-corrected chi connectivity index (χ3v) is 4.00. The van der Waals surface area contributed by atoms with E-state index in [1.807, 2.05) is 6.07 Å². The molecule has 0 fully saturated rings. The van der Waals surface area contributed by atoms with Crippen LogP contribution in [0.3, 0.4) is 0 Å². The highest BCUT2D eigenvalue weighted by Crippen LogP contribution is 2.35. The van der Waals surface area contributed by atoms with Gasteiger partial charge >= 0.3 is 5.69 Å². The van der Waals surface area contributed by atoms with Crippen LogP contribution in [0.25, 0.3) is 11.2 Å². The Morgan fingerprint density at radius 2 is 2.32 bits per heavy atom. The van der Waals surface area contributed by atoms with Crippen LogP contribution in [0.4, 0.5) is 11.6 Å². The molecule has 2 aromatic heterocycles. The summed E-state index contributed by atoms with van der Waals surface area (Å²) in [7, 11) is 1.66. The Kier molecular flexibility index (Phi) is 2.83. The fourth-order valence-electron chi connectivity index (χ4n) is 2.48. The fraction of sp³-hybridized carbons (Fsp3) is 0.214. The van der Waals surface area contributed by atoms with Gasteiger partial charge in [-0.15, -0.1) is 0 Å². The molecule has 0 radical (unpaired) electrons. The second-order valence-electron chi connectivity index (χ2n) is 5.08. The zero-order valence-corrected chi connectivity index (χ0v) is 12.4. The van der Waals surface area contributed by atoms with Crippen LogP contribution in [-0.2, 0) is 13.5 Å². The van der Waals surface area contributed by atoms with Crippen LogP contribution in [0, 0.1) is 0 Å². The lowest BCUT2D eigenvalue weighted by Gasteiger charge is -2.09. The molecule has 0 atom stereocenters. The summed E-state index contributed by atoms with van der Waals surface area (Å²) in [5.74, 6) is 1.19.